The quantitative estimate of drug-likeness (QED) is 0.644. The highest BCUT2D eigenvalue weighted by atomic mass is 16.5. The molecule has 2 aromatic heterocycles. The van der Waals surface area contributed by atoms with Gasteiger partial charge in [0.25, 0.3) is 0 Å². The number of benzene rings is 1. The zero-order valence-electron chi connectivity index (χ0n) is 15.0. The van der Waals surface area contributed by atoms with E-state index in [0.717, 1.165) is 11.1 Å². The van der Waals surface area contributed by atoms with Gasteiger partial charge in [0, 0.05) is 24.4 Å². The molecule has 2 heterocycles. The van der Waals surface area contributed by atoms with Crippen LogP contribution in [0.15, 0.2) is 55.3 Å². The summed E-state index contributed by atoms with van der Waals surface area (Å²) in [5.41, 5.74) is 1.66. The molecule has 0 spiro atoms. The van der Waals surface area contributed by atoms with Gasteiger partial charge < -0.3 is 14.8 Å². The van der Waals surface area contributed by atoms with Crippen LogP contribution < -0.4 is 14.8 Å². The number of amides is 1. The van der Waals surface area contributed by atoms with Gasteiger partial charge >= 0.3 is 0 Å². The summed E-state index contributed by atoms with van der Waals surface area (Å²) >= 11 is 0. The predicted octanol–water partition coefficient (Wildman–Crippen LogP) is 2.01. The Labute approximate surface area is 156 Å². The maximum absolute atomic E-state index is 12.2. The first kappa shape index (κ1) is 18.1. The van der Waals surface area contributed by atoms with Gasteiger partial charge in [-0.25, -0.2) is 14.6 Å². The van der Waals surface area contributed by atoms with E-state index in [0.29, 0.717) is 23.9 Å². The lowest BCUT2D eigenvalue weighted by Crippen LogP contribution is -2.21. The summed E-state index contributed by atoms with van der Waals surface area (Å²) in [5.74, 6) is 1.64. The highest BCUT2D eigenvalue weighted by Crippen LogP contribution is 2.27. The van der Waals surface area contributed by atoms with E-state index in [1.165, 1.54) is 12.4 Å². The number of rotatable bonds is 7. The molecule has 0 aliphatic heterocycles. The van der Waals surface area contributed by atoms with Gasteiger partial charge in [-0.2, -0.15) is 5.10 Å². The van der Waals surface area contributed by atoms with Crippen LogP contribution in [0.1, 0.15) is 11.1 Å². The molecular weight excluding hydrogens is 346 g/mol. The van der Waals surface area contributed by atoms with Crippen LogP contribution in [0.4, 0.5) is 0 Å². The maximum Gasteiger partial charge on any atom is 0.244 e. The lowest BCUT2D eigenvalue weighted by molar-refractivity contribution is -0.116. The third kappa shape index (κ3) is 4.49. The Hall–Kier alpha value is -3.68. The van der Waals surface area contributed by atoms with E-state index in [4.69, 9.17) is 9.47 Å². The number of nitrogens with zero attached hydrogens (tertiary/aromatic N) is 4. The van der Waals surface area contributed by atoms with Gasteiger partial charge in [0.15, 0.2) is 17.3 Å². The van der Waals surface area contributed by atoms with Crippen molar-refractivity contribution in [1.82, 2.24) is 25.1 Å². The average molecular weight is 365 g/mol. The summed E-state index contributed by atoms with van der Waals surface area (Å²) in [6, 6.07) is 9.11. The second-order valence-electron chi connectivity index (χ2n) is 5.49. The standard InChI is InChI=1S/C19H19N5O3/c1-26-16-7-5-14(10-17(16)27-2)6-8-18(25)22-11-15-4-3-9-21-19(15)24-13-20-12-23-24/h3-10,12-13H,11H2,1-2H3,(H,22,25). The van der Waals surface area contributed by atoms with Gasteiger partial charge in [0.2, 0.25) is 5.91 Å². The zero-order chi connectivity index (χ0) is 19.1. The lowest BCUT2D eigenvalue weighted by Gasteiger charge is -2.08. The Morgan fingerprint density at radius 3 is 2.81 bits per heavy atom. The Bertz CT molecular complexity index is 938. The number of nitrogens with one attached hydrogen (secondary N) is 1. The van der Waals surface area contributed by atoms with Gasteiger partial charge in [-0.1, -0.05) is 12.1 Å². The number of carbonyl (C=O) groups excluding carboxylic acids is 1. The monoisotopic (exact) mass is 365 g/mol. The van der Waals surface area contributed by atoms with Crippen molar-refractivity contribution in [2.75, 3.05) is 14.2 Å². The van der Waals surface area contributed by atoms with Crippen LogP contribution in [-0.4, -0.2) is 39.9 Å². The minimum Gasteiger partial charge on any atom is -0.493 e. The highest BCUT2D eigenvalue weighted by Gasteiger charge is 2.07. The lowest BCUT2D eigenvalue weighted by atomic mass is 10.2. The van der Waals surface area contributed by atoms with Crippen LogP contribution in [0, 0.1) is 0 Å². The third-order valence-electron chi connectivity index (χ3n) is 3.79. The highest BCUT2D eigenvalue weighted by molar-refractivity contribution is 5.91. The van der Waals surface area contributed by atoms with Crippen molar-refractivity contribution >= 4 is 12.0 Å². The molecule has 1 aromatic carbocycles. The van der Waals surface area contributed by atoms with Gasteiger partial charge in [-0.3, -0.25) is 4.79 Å². The van der Waals surface area contributed by atoms with Gasteiger partial charge in [-0.05, 0) is 29.8 Å². The number of aromatic nitrogens is 4. The fraction of sp³-hybridized carbons (Fsp3) is 0.158. The van der Waals surface area contributed by atoms with Crippen molar-refractivity contribution in [1.29, 1.82) is 0 Å². The summed E-state index contributed by atoms with van der Waals surface area (Å²) in [4.78, 5) is 20.4. The van der Waals surface area contributed by atoms with Gasteiger partial charge in [0.1, 0.15) is 12.7 Å². The van der Waals surface area contributed by atoms with Gasteiger partial charge in [-0.15, -0.1) is 0 Å². The fourth-order valence-electron chi connectivity index (χ4n) is 2.46. The molecule has 0 aliphatic rings. The molecule has 0 atom stereocenters. The molecule has 0 unspecified atom stereocenters. The molecular formula is C19H19N5O3. The Balaban J connectivity index is 1.65. The molecule has 8 nitrogen and oxygen atoms in total. The fourth-order valence-corrected chi connectivity index (χ4v) is 2.46. The van der Waals surface area contributed by atoms with Gasteiger partial charge in [0.05, 0.1) is 14.2 Å². The summed E-state index contributed by atoms with van der Waals surface area (Å²) < 4.78 is 12.0. The van der Waals surface area contributed by atoms with Crippen molar-refractivity contribution in [2.45, 2.75) is 6.54 Å². The Kier molecular flexibility index (Phi) is 5.78. The summed E-state index contributed by atoms with van der Waals surface area (Å²) in [6.45, 7) is 0.318. The van der Waals surface area contributed by atoms with E-state index in [-0.39, 0.29) is 5.91 Å². The number of pyridine rings is 1. The van der Waals surface area contributed by atoms with Crippen molar-refractivity contribution in [3.63, 3.8) is 0 Å². The molecule has 0 bridgehead atoms. The molecule has 3 aromatic rings. The minimum atomic E-state index is -0.224. The normalized spacial score (nSPS) is 10.7. The number of methoxy groups -OCH3 is 2. The molecule has 0 aliphatic carbocycles. The molecule has 8 heteroatoms. The number of ether oxygens (including phenoxy) is 2. The minimum absolute atomic E-state index is 0.224. The molecule has 0 radical (unpaired) electrons. The predicted molar refractivity (Wildman–Crippen MR) is 99.6 cm³/mol. The number of hydrogen-bond donors (Lipinski definition) is 1. The number of hydrogen-bond acceptors (Lipinski definition) is 6. The van der Waals surface area contributed by atoms with Crippen LogP contribution in [0.3, 0.4) is 0 Å². The second-order valence-corrected chi connectivity index (χ2v) is 5.49. The average Bonchev–Trinajstić information content (AvgIpc) is 3.25. The van der Waals surface area contributed by atoms with Crippen LogP contribution in [0.25, 0.3) is 11.9 Å². The van der Waals surface area contributed by atoms with Crippen molar-refractivity contribution in [2.24, 2.45) is 0 Å². The van der Waals surface area contributed by atoms with Crippen LogP contribution >= 0.6 is 0 Å². The summed E-state index contributed by atoms with van der Waals surface area (Å²) in [7, 11) is 3.14. The van der Waals surface area contributed by atoms with Crippen molar-refractivity contribution < 1.29 is 14.3 Å². The molecule has 1 N–H and O–H groups in total. The van der Waals surface area contributed by atoms with E-state index in [9.17, 15) is 4.79 Å². The maximum atomic E-state index is 12.2. The first-order valence-corrected chi connectivity index (χ1v) is 8.18. The van der Waals surface area contributed by atoms with E-state index >= 15 is 0 Å². The number of carbonyl (C=O) groups is 1. The van der Waals surface area contributed by atoms with E-state index in [2.05, 4.69) is 20.4 Å². The summed E-state index contributed by atoms with van der Waals surface area (Å²) in [6.07, 6.45) is 7.83. The van der Waals surface area contributed by atoms with E-state index in [1.807, 2.05) is 12.1 Å². The molecule has 1 amide bonds. The Morgan fingerprint density at radius 2 is 2.07 bits per heavy atom. The van der Waals surface area contributed by atoms with Crippen molar-refractivity contribution in [3.8, 4) is 17.3 Å². The first-order valence-electron chi connectivity index (χ1n) is 8.18. The first-order chi connectivity index (χ1) is 13.2. The van der Waals surface area contributed by atoms with Crippen LogP contribution in [-0.2, 0) is 11.3 Å². The molecule has 0 saturated carbocycles. The Morgan fingerprint density at radius 1 is 1.22 bits per heavy atom. The summed E-state index contributed by atoms with van der Waals surface area (Å²) in [5, 5.41) is 6.91. The topological polar surface area (TPSA) is 91.2 Å². The smallest absolute Gasteiger partial charge is 0.244 e. The largest absolute Gasteiger partial charge is 0.493 e. The third-order valence-corrected chi connectivity index (χ3v) is 3.79. The molecule has 0 saturated heterocycles. The van der Waals surface area contributed by atoms with Crippen LogP contribution in [0.5, 0.6) is 11.5 Å². The van der Waals surface area contributed by atoms with Crippen LogP contribution in [0.2, 0.25) is 0 Å². The SMILES string of the molecule is COc1ccc(C=CC(=O)NCc2cccnc2-n2cncn2)cc1OC. The molecule has 0 fully saturated rings. The van der Waals surface area contributed by atoms with Crippen molar-refractivity contribution in [3.05, 3.63) is 66.4 Å². The molecule has 3 rings (SSSR count). The molecule has 138 valence electrons. The zero-order valence-corrected chi connectivity index (χ0v) is 15.0. The molecule has 27 heavy (non-hydrogen) atoms. The van der Waals surface area contributed by atoms with E-state index in [1.54, 1.807) is 55.7 Å². The van der Waals surface area contributed by atoms with E-state index < -0.39 is 0 Å². The second kappa shape index (κ2) is 8.61.